The number of rotatable bonds is 5. The fraction of sp³-hybridized carbons (Fsp3) is 0.368. The van der Waals surface area contributed by atoms with E-state index in [0.29, 0.717) is 42.3 Å². The van der Waals surface area contributed by atoms with Crippen LogP contribution in [-0.4, -0.2) is 46.7 Å². The molecule has 1 aromatic carbocycles. The molecule has 0 bridgehead atoms. The molecule has 0 radical (unpaired) electrons. The molecule has 148 valence electrons. The largest absolute Gasteiger partial charge is 0.459 e. The molecule has 1 aliphatic heterocycles. The number of non-ortho nitro benzene ring substituents is 1. The number of amides is 2. The number of furan rings is 1. The average molecular weight is 406 g/mol. The lowest BCUT2D eigenvalue weighted by Gasteiger charge is -2.32. The summed E-state index contributed by atoms with van der Waals surface area (Å²) < 4.78 is 5.14. The second-order valence-electron chi connectivity index (χ2n) is 6.77. The molecule has 2 aromatic rings. The van der Waals surface area contributed by atoms with Gasteiger partial charge in [0.2, 0.25) is 5.91 Å². The number of halogens is 1. The van der Waals surface area contributed by atoms with Crippen LogP contribution in [0.5, 0.6) is 0 Å². The Morgan fingerprint density at radius 3 is 2.64 bits per heavy atom. The maximum absolute atomic E-state index is 12.8. The van der Waals surface area contributed by atoms with Crippen LogP contribution in [-0.2, 0) is 11.3 Å². The van der Waals surface area contributed by atoms with Gasteiger partial charge in [-0.1, -0.05) is 11.6 Å². The fourth-order valence-electron chi connectivity index (χ4n) is 3.33. The maximum atomic E-state index is 12.8. The van der Waals surface area contributed by atoms with E-state index in [4.69, 9.17) is 16.0 Å². The van der Waals surface area contributed by atoms with Gasteiger partial charge >= 0.3 is 0 Å². The molecular formula is C19H20ClN3O5. The number of hydrogen-bond acceptors (Lipinski definition) is 5. The van der Waals surface area contributed by atoms with Crippen molar-refractivity contribution in [3.63, 3.8) is 0 Å². The predicted octanol–water partition coefficient (Wildman–Crippen LogP) is 3.35. The number of nitrogens with zero attached hydrogens (tertiary/aromatic N) is 3. The van der Waals surface area contributed by atoms with Gasteiger partial charge < -0.3 is 14.2 Å². The number of nitro benzene ring substituents is 1. The molecule has 3 rings (SSSR count). The van der Waals surface area contributed by atoms with E-state index in [-0.39, 0.29) is 30.0 Å². The van der Waals surface area contributed by atoms with E-state index < -0.39 is 4.92 Å². The summed E-state index contributed by atoms with van der Waals surface area (Å²) in [4.78, 5) is 38.7. The zero-order valence-corrected chi connectivity index (χ0v) is 16.1. The number of hydrogen-bond donors (Lipinski definition) is 0. The molecule has 28 heavy (non-hydrogen) atoms. The van der Waals surface area contributed by atoms with E-state index in [1.165, 1.54) is 29.4 Å². The molecule has 1 aliphatic rings. The van der Waals surface area contributed by atoms with E-state index in [1.807, 2.05) is 0 Å². The molecule has 1 aromatic heterocycles. The number of piperidine rings is 1. The third-order valence-corrected chi connectivity index (χ3v) is 5.26. The molecule has 0 N–H and O–H groups in total. The molecule has 0 atom stereocenters. The smallest absolute Gasteiger partial charge is 0.289 e. The zero-order valence-electron chi connectivity index (χ0n) is 15.3. The van der Waals surface area contributed by atoms with Crippen molar-refractivity contribution in [1.82, 2.24) is 9.80 Å². The SMILES string of the molecule is CN(Cc1cc([N+](=O)[O-])ccc1Cl)C(=O)C1CCN(C(=O)c2ccco2)CC1. The average Bonchev–Trinajstić information content (AvgIpc) is 3.23. The second kappa shape index (κ2) is 8.43. The Kier molecular flexibility index (Phi) is 5.99. The van der Waals surface area contributed by atoms with Crippen LogP contribution >= 0.6 is 11.6 Å². The van der Waals surface area contributed by atoms with Gasteiger partial charge in [0, 0.05) is 49.8 Å². The van der Waals surface area contributed by atoms with Crippen LogP contribution < -0.4 is 0 Å². The summed E-state index contributed by atoms with van der Waals surface area (Å²) in [5.41, 5.74) is 0.460. The first kappa shape index (κ1) is 19.9. The van der Waals surface area contributed by atoms with E-state index in [9.17, 15) is 19.7 Å². The van der Waals surface area contributed by atoms with Crippen LogP contribution in [0, 0.1) is 16.0 Å². The summed E-state index contributed by atoms with van der Waals surface area (Å²) in [5, 5.41) is 11.3. The highest BCUT2D eigenvalue weighted by molar-refractivity contribution is 6.31. The molecule has 9 heteroatoms. The van der Waals surface area contributed by atoms with Crippen LogP contribution in [0.4, 0.5) is 5.69 Å². The molecular weight excluding hydrogens is 386 g/mol. The minimum Gasteiger partial charge on any atom is -0.459 e. The molecule has 0 spiro atoms. The molecule has 0 saturated carbocycles. The lowest BCUT2D eigenvalue weighted by Crippen LogP contribution is -2.43. The van der Waals surface area contributed by atoms with Gasteiger partial charge in [0.1, 0.15) is 0 Å². The van der Waals surface area contributed by atoms with Gasteiger partial charge in [-0.25, -0.2) is 0 Å². The van der Waals surface area contributed by atoms with Crippen molar-refractivity contribution < 1.29 is 18.9 Å². The van der Waals surface area contributed by atoms with E-state index >= 15 is 0 Å². The van der Waals surface area contributed by atoms with E-state index in [1.54, 1.807) is 24.1 Å². The first-order valence-electron chi connectivity index (χ1n) is 8.87. The van der Waals surface area contributed by atoms with Crippen molar-refractivity contribution in [2.45, 2.75) is 19.4 Å². The summed E-state index contributed by atoms with van der Waals surface area (Å²) in [6, 6.07) is 7.47. The van der Waals surface area contributed by atoms with Crippen molar-refractivity contribution in [3.8, 4) is 0 Å². The van der Waals surface area contributed by atoms with E-state index in [0.717, 1.165) is 0 Å². The first-order chi connectivity index (χ1) is 13.4. The Morgan fingerprint density at radius 2 is 2.04 bits per heavy atom. The van der Waals surface area contributed by atoms with Crippen molar-refractivity contribution in [2.24, 2.45) is 5.92 Å². The normalized spacial score (nSPS) is 14.7. The van der Waals surface area contributed by atoms with Crippen LogP contribution in [0.15, 0.2) is 41.0 Å². The Morgan fingerprint density at radius 1 is 1.32 bits per heavy atom. The number of nitro groups is 1. The summed E-state index contributed by atoms with van der Waals surface area (Å²) in [6.07, 6.45) is 2.56. The Labute approximate surface area is 166 Å². The lowest BCUT2D eigenvalue weighted by atomic mass is 9.95. The maximum Gasteiger partial charge on any atom is 0.289 e. The van der Waals surface area contributed by atoms with Gasteiger partial charge in [0.25, 0.3) is 11.6 Å². The minimum absolute atomic E-state index is 0.0623. The van der Waals surface area contributed by atoms with Gasteiger partial charge in [-0.05, 0) is 36.6 Å². The third kappa shape index (κ3) is 4.33. The Hall–Kier alpha value is -2.87. The Bertz CT molecular complexity index is 876. The number of carbonyl (C=O) groups excluding carboxylic acids is 2. The summed E-state index contributed by atoms with van der Waals surface area (Å²) >= 11 is 6.12. The fourth-order valence-corrected chi connectivity index (χ4v) is 3.50. The highest BCUT2D eigenvalue weighted by atomic mass is 35.5. The van der Waals surface area contributed by atoms with Gasteiger partial charge in [-0.2, -0.15) is 0 Å². The third-order valence-electron chi connectivity index (χ3n) is 4.89. The van der Waals surface area contributed by atoms with Crippen molar-refractivity contribution in [3.05, 3.63) is 63.1 Å². The van der Waals surface area contributed by atoms with Crippen molar-refractivity contribution >= 4 is 29.1 Å². The molecule has 0 unspecified atom stereocenters. The molecule has 2 heterocycles. The van der Waals surface area contributed by atoms with Gasteiger partial charge in [0.15, 0.2) is 5.76 Å². The standard InChI is InChI=1S/C19H20ClN3O5/c1-21(12-14-11-15(23(26)27)4-5-16(14)20)18(24)13-6-8-22(9-7-13)19(25)17-3-2-10-28-17/h2-5,10-11,13H,6-9,12H2,1H3. The van der Waals surface area contributed by atoms with Crippen LogP contribution in [0.3, 0.4) is 0 Å². The van der Waals surface area contributed by atoms with Gasteiger partial charge in [-0.3, -0.25) is 19.7 Å². The van der Waals surface area contributed by atoms with Crippen LogP contribution in [0.1, 0.15) is 29.0 Å². The number of benzene rings is 1. The van der Waals surface area contributed by atoms with Gasteiger partial charge in [0.05, 0.1) is 11.2 Å². The predicted molar refractivity (Wildman–Crippen MR) is 102 cm³/mol. The summed E-state index contributed by atoms with van der Waals surface area (Å²) in [6.45, 7) is 1.13. The lowest BCUT2D eigenvalue weighted by molar-refractivity contribution is -0.384. The highest BCUT2D eigenvalue weighted by Crippen LogP contribution is 2.25. The van der Waals surface area contributed by atoms with Crippen LogP contribution in [0.2, 0.25) is 5.02 Å². The van der Waals surface area contributed by atoms with Crippen molar-refractivity contribution in [1.29, 1.82) is 0 Å². The second-order valence-corrected chi connectivity index (χ2v) is 7.18. The van der Waals surface area contributed by atoms with E-state index in [2.05, 4.69) is 0 Å². The number of likely N-dealkylation sites (tertiary alicyclic amines) is 1. The molecule has 1 saturated heterocycles. The zero-order chi connectivity index (χ0) is 20.3. The highest BCUT2D eigenvalue weighted by Gasteiger charge is 2.30. The number of carbonyl (C=O) groups is 2. The molecule has 2 amide bonds. The summed E-state index contributed by atoms with van der Waals surface area (Å²) in [5.74, 6) is -0.148. The Balaban J connectivity index is 1.58. The molecule has 0 aliphatic carbocycles. The monoisotopic (exact) mass is 405 g/mol. The topological polar surface area (TPSA) is 96.9 Å². The first-order valence-corrected chi connectivity index (χ1v) is 9.25. The van der Waals surface area contributed by atoms with Gasteiger partial charge in [-0.15, -0.1) is 0 Å². The minimum atomic E-state index is -0.493. The molecule has 8 nitrogen and oxygen atoms in total. The quantitative estimate of drug-likeness (QED) is 0.561. The van der Waals surface area contributed by atoms with Crippen LogP contribution in [0.25, 0.3) is 0 Å². The van der Waals surface area contributed by atoms with Crippen molar-refractivity contribution in [2.75, 3.05) is 20.1 Å². The molecule has 1 fully saturated rings. The summed E-state index contributed by atoms with van der Waals surface area (Å²) in [7, 11) is 1.65.